The Morgan fingerprint density at radius 3 is 2.95 bits per heavy atom. The van der Waals surface area contributed by atoms with E-state index in [-0.39, 0.29) is 11.7 Å². The van der Waals surface area contributed by atoms with Crippen LogP contribution in [0, 0.1) is 0 Å². The van der Waals surface area contributed by atoms with Crippen molar-refractivity contribution >= 4 is 40.8 Å². The number of hydrazine groups is 1. The molecule has 0 radical (unpaired) electrons. The topological polar surface area (TPSA) is 80.0 Å². The maximum atomic E-state index is 11.7. The van der Waals surface area contributed by atoms with E-state index >= 15 is 0 Å². The van der Waals surface area contributed by atoms with Crippen molar-refractivity contribution in [3.63, 3.8) is 0 Å². The number of nitrogen functional groups attached to an aromatic ring is 1. The fraction of sp³-hybridized carbons (Fsp3) is 0.0769. The van der Waals surface area contributed by atoms with Gasteiger partial charge in [0.15, 0.2) is 0 Å². The van der Waals surface area contributed by atoms with Gasteiger partial charge in [-0.1, -0.05) is 17.7 Å². The Morgan fingerprint density at radius 2 is 2.20 bits per heavy atom. The van der Waals surface area contributed by atoms with Crippen molar-refractivity contribution in [2.24, 2.45) is 0 Å². The second-order valence-corrected chi connectivity index (χ2v) is 5.29. The zero-order valence-corrected chi connectivity index (χ0v) is 12.0. The second-order valence-electron chi connectivity index (χ2n) is 3.87. The molecule has 0 bridgehead atoms. The van der Waals surface area contributed by atoms with Gasteiger partial charge in [0.25, 0.3) is 0 Å². The number of nitrogens with two attached hydrogens (primary N) is 1. The molecule has 0 aliphatic rings. The zero-order chi connectivity index (χ0) is 14.4. The Hall–Kier alpha value is -1.92. The molecule has 0 atom stereocenters. The molecule has 1 aromatic carbocycles. The minimum Gasteiger partial charge on any atom is -0.399 e. The summed E-state index contributed by atoms with van der Waals surface area (Å²) in [5.41, 5.74) is 11.6. The molecule has 2 aromatic rings. The molecule has 2 rings (SSSR count). The fourth-order valence-corrected chi connectivity index (χ4v) is 2.45. The average Bonchev–Trinajstić information content (AvgIpc) is 2.47. The van der Waals surface area contributed by atoms with Crippen LogP contribution in [0.1, 0.15) is 0 Å². The van der Waals surface area contributed by atoms with Crippen molar-refractivity contribution in [2.75, 3.05) is 16.9 Å². The molecule has 1 heterocycles. The molecule has 0 aliphatic carbocycles. The van der Waals surface area contributed by atoms with Gasteiger partial charge in [-0.15, -0.1) is 11.8 Å². The molecule has 104 valence electrons. The number of amides is 1. The third-order valence-electron chi connectivity index (χ3n) is 2.31. The first-order valence-corrected chi connectivity index (χ1v) is 7.15. The quantitative estimate of drug-likeness (QED) is 0.449. The second kappa shape index (κ2) is 7.02. The molecule has 5 nitrogen and oxygen atoms in total. The molecular formula is C13H13ClN4OS. The van der Waals surface area contributed by atoms with Gasteiger partial charge in [0.1, 0.15) is 5.82 Å². The van der Waals surface area contributed by atoms with E-state index in [1.165, 1.54) is 11.8 Å². The lowest BCUT2D eigenvalue weighted by atomic mass is 10.3. The lowest BCUT2D eigenvalue weighted by molar-refractivity contribution is -0.118. The Kier molecular flexibility index (Phi) is 5.09. The minimum atomic E-state index is -0.181. The Labute approximate surface area is 125 Å². The summed E-state index contributed by atoms with van der Waals surface area (Å²) >= 11 is 7.34. The average molecular weight is 309 g/mol. The summed E-state index contributed by atoms with van der Waals surface area (Å²) in [5.74, 6) is 0.621. The van der Waals surface area contributed by atoms with Crippen LogP contribution in [-0.4, -0.2) is 16.6 Å². The summed E-state index contributed by atoms with van der Waals surface area (Å²) in [6.07, 6.45) is 1.63. The summed E-state index contributed by atoms with van der Waals surface area (Å²) in [6.45, 7) is 0. The van der Waals surface area contributed by atoms with Gasteiger partial charge in [-0.2, -0.15) is 0 Å². The lowest BCUT2D eigenvalue weighted by Gasteiger charge is -2.08. The van der Waals surface area contributed by atoms with E-state index in [4.69, 9.17) is 17.3 Å². The molecule has 0 fully saturated rings. The van der Waals surface area contributed by atoms with Gasteiger partial charge in [0.2, 0.25) is 5.91 Å². The molecule has 0 unspecified atom stereocenters. The van der Waals surface area contributed by atoms with E-state index in [2.05, 4.69) is 15.8 Å². The lowest BCUT2D eigenvalue weighted by Crippen LogP contribution is -2.31. The predicted octanol–water partition coefficient (Wildman–Crippen LogP) is 2.55. The number of rotatable bonds is 5. The van der Waals surface area contributed by atoms with Crippen LogP contribution in [0.25, 0.3) is 0 Å². The van der Waals surface area contributed by atoms with Crippen LogP contribution in [0.4, 0.5) is 11.5 Å². The Morgan fingerprint density at radius 1 is 1.35 bits per heavy atom. The third-order valence-corrected chi connectivity index (χ3v) is 3.81. The molecule has 20 heavy (non-hydrogen) atoms. The minimum absolute atomic E-state index is 0.181. The number of thioether (sulfide) groups is 1. The maximum absolute atomic E-state index is 11.7. The van der Waals surface area contributed by atoms with Crippen LogP contribution < -0.4 is 16.6 Å². The normalized spacial score (nSPS) is 10.1. The van der Waals surface area contributed by atoms with Crippen LogP contribution in [0.2, 0.25) is 5.02 Å². The van der Waals surface area contributed by atoms with E-state index in [0.29, 0.717) is 16.5 Å². The van der Waals surface area contributed by atoms with E-state index in [9.17, 15) is 4.79 Å². The van der Waals surface area contributed by atoms with Crippen molar-refractivity contribution in [3.8, 4) is 0 Å². The van der Waals surface area contributed by atoms with E-state index in [1.807, 2.05) is 6.07 Å². The molecule has 1 amide bonds. The van der Waals surface area contributed by atoms with Crippen molar-refractivity contribution < 1.29 is 4.79 Å². The van der Waals surface area contributed by atoms with Gasteiger partial charge in [-0.25, -0.2) is 4.98 Å². The molecule has 0 spiro atoms. The number of anilines is 2. The zero-order valence-electron chi connectivity index (χ0n) is 10.5. The Balaban J connectivity index is 1.82. The smallest absolute Gasteiger partial charge is 0.248 e. The highest BCUT2D eigenvalue weighted by Gasteiger charge is 2.06. The summed E-state index contributed by atoms with van der Waals surface area (Å²) in [6, 6.07) is 10.5. The highest BCUT2D eigenvalue weighted by atomic mass is 35.5. The number of carbonyl (C=O) groups is 1. The number of benzene rings is 1. The van der Waals surface area contributed by atoms with Crippen LogP contribution in [0.5, 0.6) is 0 Å². The SMILES string of the molecule is Nc1ccc(Cl)c(SCC(=O)NNc2ccccn2)c1. The van der Waals surface area contributed by atoms with E-state index in [1.54, 1.807) is 36.5 Å². The van der Waals surface area contributed by atoms with Crippen molar-refractivity contribution in [3.05, 3.63) is 47.6 Å². The number of nitrogens with zero attached hydrogens (tertiary/aromatic N) is 1. The maximum Gasteiger partial charge on any atom is 0.248 e. The molecule has 1 aromatic heterocycles. The number of hydrogen-bond donors (Lipinski definition) is 3. The molecule has 0 aliphatic heterocycles. The van der Waals surface area contributed by atoms with Gasteiger partial charge in [-0.05, 0) is 30.3 Å². The van der Waals surface area contributed by atoms with Crippen LogP contribution in [0.15, 0.2) is 47.5 Å². The number of nitrogens with one attached hydrogen (secondary N) is 2. The first-order valence-electron chi connectivity index (χ1n) is 5.79. The molecule has 0 saturated carbocycles. The fourth-order valence-electron chi connectivity index (χ4n) is 1.38. The first-order chi connectivity index (χ1) is 9.65. The van der Waals surface area contributed by atoms with Gasteiger partial charge in [-0.3, -0.25) is 15.6 Å². The number of halogens is 1. The number of pyridine rings is 1. The van der Waals surface area contributed by atoms with Gasteiger partial charge < -0.3 is 5.73 Å². The summed E-state index contributed by atoms with van der Waals surface area (Å²) in [5, 5.41) is 0.578. The molecule has 0 saturated heterocycles. The molecular weight excluding hydrogens is 296 g/mol. The van der Waals surface area contributed by atoms with Crippen molar-refractivity contribution in [2.45, 2.75) is 4.90 Å². The van der Waals surface area contributed by atoms with E-state index < -0.39 is 0 Å². The molecule has 7 heteroatoms. The standard InChI is InChI=1S/C13H13ClN4OS/c14-10-5-4-9(15)7-11(10)20-8-13(19)18-17-12-3-1-2-6-16-12/h1-7H,8,15H2,(H,16,17)(H,18,19). The van der Waals surface area contributed by atoms with Gasteiger partial charge in [0, 0.05) is 16.8 Å². The predicted molar refractivity (Wildman–Crippen MR) is 82.6 cm³/mol. The van der Waals surface area contributed by atoms with Crippen LogP contribution in [-0.2, 0) is 4.79 Å². The monoisotopic (exact) mass is 308 g/mol. The largest absolute Gasteiger partial charge is 0.399 e. The summed E-state index contributed by atoms with van der Waals surface area (Å²) < 4.78 is 0. The van der Waals surface area contributed by atoms with Gasteiger partial charge in [0.05, 0.1) is 10.8 Å². The number of hydrogen-bond acceptors (Lipinski definition) is 5. The highest BCUT2D eigenvalue weighted by Crippen LogP contribution is 2.28. The highest BCUT2D eigenvalue weighted by molar-refractivity contribution is 8.00. The first kappa shape index (κ1) is 14.5. The van der Waals surface area contributed by atoms with Crippen molar-refractivity contribution in [1.29, 1.82) is 0 Å². The third kappa shape index (κ3) is 4.32. The van der Waals surface area contributed by atoms with Crippen molar-refractivity contribution in [1.82, 2.24) is 10.4 Å². The Bertz CT molecular complexity index is 594. The molecule has 4 N–H and O–H groups in total. The van der Waals surface area contributed by atoms with Gasteiger partial charge >= 0.3 is 0 Å². The van der Waals surface area contributed by atoms with E-state index in [0.717, 1.165) is 4.90 Å². The number of carbonyl (C=O) groups excluding carboxylic acids is 1. The number of aromatic nitrogens is 1. The van der Waals surface area contributed by atoms with Crippen LogP contribution >= 0.6 is 23.4 Å². The summed E-state index contributed by atoms with van der Waals surface area (Å²) in [7, 11) is 0. The van der Waals surface area contributed by atoms with Crippen LogP contribution in [0.3, 0.4) is 0 Å². The summed E-state index contributed by atoms with van der Waals surface area (Å²) in [4.78, 5) is 16.5.